The van der Waals surface area contributed by atoms with Gasteiger partial charge in [-0.1, -0.05) is 45.2 Å². The van der Waals surface area contributed by atoms with E-state index >= 15 is 0 Å². The highest BCUT2D eigenvalue weighted by atomic mass is 19.2. The van der Waals surface area contributed by atoms with Crippen LogP contribution in [0.25, 0.3) is 11.1 Å². The molecule has 2 aromatic rings. The second-order valence-electron chi connectivity index (χ2n) is 8.71. The number of hydrogen-bond acceptors (Lipinski definition) is 1. The summed E-state index contributed by atoms with van der Waals surface area (Å²) in [5.74, 6) is -4.24. The van der Waals surface area contributed by atoms with Gasteiger partial charge in [0.15, 0.2) is 23.2 Å². The van der Waals surface area contributed by atoms with E-state index in [4.69, 9.17) is 4.74 Å². The fourth-order valence-corrected chi connectivity index (χ4v) is 4.60. The Morgan fingerprint density at radius 2 is 1.47 bits per heavy atom. The summed E-state index contributed by atoms with van der Waals surface area (Å²) in [6.45, 7) is 4.21. The molecule has 0 unspecified atom stereocenters. The van der Waals surface area contributed by atoms with Crippen LogP contribution in [0.2, 0.25) is 0 Å². The Morgan fingerprint density at radius 3 is 2.12 bits per heavy atom. The van der Waals surface area contributed by atoms with Crippen molar-refractivity contribution in [2.45, 2.75) is 77.6 Å². The van der Waals surface area contributed by atoms with E-state index in [1.807, 2.05) is 0 Å². The molecule has 1 nitrogen and oxygen atoms in total. The topological polar surface area (TPSA) is 9.23 Å². The maximum Gasteiger partial charge on any atom is 0.201 e. The normalized spacial score (nSPS) is 18.9. The zero-order valence-corrected chi connectivity index (χ0v) is 18.9. The molecule has 0 heterocycles. The Morgan fingerprint density at radius 1 is 0.812 bits per heavy atom. The van der Waals surface area contributed by atoms with E-state index in [9.17, 15) is 17.6 Å². The van der Waals surface area contributed by atoms with Gasteiger partial charge in [0.2, 0.25) is 5.82 Å². The summed E-state index contributed by atoms with van der Waals surface area (Å²) in [6.07, 6.45) is 11.8. The molecule has 1 saturated carbocycles. The van der Waals surface area contributed by atoms with Gasteiger partial charge in [-0.25, -0.2) is 13.2 Å². The maximum absolute atomic E-state index is 14.9. The first-order chi connectivity index (χ1) is 15.5. The van der Waals surface area contributed by atoms with E-state index in [-0.39, 0.29) is 22.8 Å². The van der Waals surface area contributed by atoms with Gasteiger partial charge in [0.1, 0.15) is 0 Å². The molecule has 3 rings (SSSR count). The quantitative estimate of drug-likeness (QED) is 0.211. The van der Waals surface area contributed by atoms with Crippen molar-refractivity contribution in [1.82, 2.24) is 0 Å². The summed E-state index contributed by atoms with van der Waals surface area (Å²) in [6, 6.07) is 5.34. The number of halogens is 4. The van der Waals surface area contributed by atoms with Crippen LogP contribution in [0, 0.1) is 29.2 Å². The van der Waals surface area contributed by atoms with Crippen molar-refractivity contribution in [3.8, 4) is 16.9 Å². The highest BCUT2D eigenvalue weighted by molar-refractivity contribution is 5.66. The van der Waals surface area contributed by atoms with Gasteiger partial charge in [0.25, 0.3) is 0 Å². The molecule has 1 fully saturated rings. The van der Waals surface area contributed by atoms with Crippen LogP contribution in [0.15, 0.2) is 36.6 Å². The van der Waals surface area contributed by atoms with Crippen LogP contribution in [0.5, 0.6) is 5.75 Å². The van der Waals surface area contributed by atoms with Crippen molar-refractivity contribution in [3.05, 3.63) is 65.4 Å². The first-order valence-electron chi connectivity index (χ1n) is 11.8. The van der Waals surface area contributed by atoms with E-state index in [1.54, 1.807) is 6.08 Å². The average molecular weight is 449 g/mol. The molecule has 0 amide bonds. The van der Waals surface area contributed by atoms with Crippen LogP contribution < -0.4 is 4.74 Å². The van der Waals surface area contributed by atoms with E-state index in [1.165, 1.54) is 36.9 Å². The second-order valence-corrected chi connectivity index (χ2v) is 8.71. The first kappa shape index (κ1) is 24.3. The third kappa shape index (κ3) is 5.54. The maximum atomic E-state index is 14.9. The lowest BCUT2D eigenvalue weighted by Gasteiger charge is -2.29. The van der Waals surface area contributed by atoms with Crippen LogP contribution in [-0.2, 0) is 0 Å². The molecule has 0 aromatic heterocycles. The molecule has 0 saturated heterocycles. The Hall–Kier alpha value is -2.30. The van der Waals surface area contributed by atoms with Gasteiger partial charge in [-0.3, -0.25) is 0 Å². The average Bonchev–Trinajstić information content (AvgIpc) is 2.80. The highest BCUT2D eigenvalue weighted by Gasteiger charge is 2.27. The molecule has 0 aliphatic heterocycles. The molecule has 0 radical (unpaired) electrons. The number of unbranched alkanes of at least 4 members (excludes halogenated alkanes) is 2. The monoisotopic (exact) mass is 448 g/mol. The van der Waals surface area contributed by atoms with Gasteiger partial charge >= 0.3 is 0 Å². The van der Waals surface area contributed by atoms with Crippen LogP contribution in [0.3, 0.4) is 0 Å². The molecule has 0 N–H and O–H groups in total. The molecule has 1 aliphatic rings. The Balaban J connectivity index is 1.79. The van der Waals surface area contributed by atoms with Crippen molar-refractivity contribution in [2.24, 2.45) is 5.92 Å². The molecule has 32 heavy (non-hydrogen) atoms. The van der Waals surface area contributed by atoms with Crippen LogP contribution in [0.1, 0.15) is 83.1 Å². The van der Waals surface area contributed by atoms with Crippen molar-refractivity contribution < 1.29 is 22.3 Å². The zero-order valence-electron chi connectivity index (χ0n) is 18.9. The van der Waals surface area contributed by atoms with Crippen LogP contribution in [-0.4, -0.2) is 0 Å². The lowest BCUT2D eigenvalue weighted by Crippen LogP contribution is -2.15. The lowest BCUT2D eigenvalue weighted by molar-refractivity contribution is 0.303. The fourth-order valence-electron chi connectivity index (χ4n) is 4.60. The predicted octanol–water partition coefficient (Wildman–Crippen LogP) is 9.07. The molecule has 5 heteroatoms. The number of hydrogen-bond donors (Lipinski definition) is 0. The summed E-state index contributed by atoms with van der Waals surface area (Å²) in [5.41, 5.74) is -0.272. The van der Waals surface area contributed by atoms with E-state index in [0.29, 0.717) is 11.5 Å². The Kier molecular flexibility index (Phi) is 8.77. The van der Waals surface area contributed by atoms with Crippen molar-refractivity contribution in [3.63, 3.8) is 0 Å². The molecule has 0 spiro atoms. The third-order valence-corrected chi connectivity index (χ3v) is 6.45. The molecular formula is C27H32F4O. The highest BCUT2D eigenvalue weighted by Crippen LogP contribution is 2.40. The smallest absolute Gasteiger partial charge is 0.201 e. The predicted molar refractivity (Wildman–Crippen MR) is 121 cm³/mol. The summed E-state index contributed by atoms with van der Waals surface area (Å²) >= 11 is 0. The Labute approximate surface area is 188 Å². The van der Waals surface area contributed by atoms with E-state index < -0.39 is 23.3 Å². The minimum atomic E-state index is -1.25. The Bertz CT molecular complexity index is 930. The summed E-state index contributed by atoms with van der Waals surface area (Å²) in [7, 11) is 0. The summed E-state index contributed by atoms with van der Waals surface area (Å²) in [5, 5.41) is 0. The number of rotatable bonds is 9. The fraction of sp³-hybridized carbons (Fsp3) is 0.481. The largest absolute Gasteiger partial charge is 0.462 e. The van der Waals surface area contributed by atoms with Crippen molar-refractivity contribution >= 4 is 0 Å². The van der Waals surface area contributed by atoms with Crippen LogP contribution in [0.4, 0.5) is 17.6 Å². The van der Waals surface area contributed by atoms with Gasteiger partial charge < -0.3 is 4.74 Å². The van der Waals surface area contributed by atoms with Gasteiger partial charge in [-0.15, -0.1) is 0 Å². The minimum Gasteiger partial charge on any atom is -0.462 e. The molecule has 1 aliphatic carbocycles. The lowest BCUT2D eigenvalue weighted by atomic mass is 9.77. The zero-order chi connectivity index (χ0) is 23.1. The molecular weight excluding hydrogens is 416 g/mol. The standard InChI is InChI=1S/C27H32F4O/c1-3-5-6-7-17-32-23-16-15-22(26(30)27(23)31)21-14-13-20(24(28)25(21)29)19-11-9-18(8-4-2)10-12-19/h7,13-19H,3-6,8-12H2,1-2H3/b17-7+. The SMILES string of the molecule is CCCC/C=C/Oc1ccc(-c2ccc(C3CCC(CCC)CC3)c(F)c2F)c(F)c1F. The van der Waals surface area contributed by atoms with Gasteiger partial charge in [-0.2, -0.15) is 4.39 Å². The summed E-state index contributed by atoms with van der Waals surface area (Å²) < 4.78 is 64.2. The molecule has 0 atom stereocenters. The first-order valence-corrected chi connectivity index (χ1v) is 11.8. The van der Waals surface area contributed by atoms with Crippen molar-refractivity contribution in [2.75, 3.05) is 0 Å². The van der Waals surface area contributed by atoms with Crippen molar-refractivity contribution in [1.29, 1.82) is 0 Å². The van der Waals surface area contributed by atoms with E-state index in [2.05, 4.69) is 13.8 Å². The number of ether oxygens (including phenoxy) is 1. The number of allylic oxidation sites excluding steroid dienone is 1. The number of benzene rings is 2. The van der Waals surface area contributed by atoms with Gasteiger partial charge in [0, 0.05) is 11.1 Å². The summed E-state index contributed by atoms with van der Waals surface area (Å²) in [4.78, 5) is 0. The third-order valence-electron chi connectivity index (χ3n) is 6.45. The minimum absolute atomic E-state index is 0.0384. The molecule has 2 aromatic carbocycles. The van der Waals surface area contributed by atoms with E-state index in [0.717, 1.165) is 51.4 Å². The second kappa shape index (κ2) is 11.5. The molecule has 0 bridgehead atoms. The van der Waals surface area contributed by atoms with Gasteiger partial charge in [-0.05, 0) is 74.1 Å². The molecule has 174 valence electrons. The van der Waals surface area contributed by atoms with Gasteiger partial charge in [0.05, 0.1) is 6.26 Å². The van der Waals surface area contributed by atoms with Crippen LogP contribution >= 0.6 is 0 Å².